The Balaban J connectivity index is 1.40. The van der Waals surface area contributed by atoms with Crippen molar-refractivity contribution in [2.45, 2.75) is 26.1 Å². The molecule has 0 bridgehead atoms. The van der Waals surface area contributed by atoms with Gasteiger partial charge in [-0.3, -0.25) is 4.90 Å². The number of morpholine rings is 1. The average Bonchev–Trinajstić information content (AvgIpc) is 3.32. The molecule has 9 heteroatoms. The first-order chi connectivity index (χ1) is 11.8. The third kappa shape index (κ3) is 3.37. The first kappa shape index (κ1) is 15.4. The molecular weight excluding hydrogens is 328 g/mol. The molecule has 1 fully saturated rings. The van der Waals surface area contributed by atoms with Crippen molar-refractivity contribution in [3.8, 4) is 10.7 Å². The number of hydrogen-bond acceptors (Lipinski definition) is 8. The molecule has 0 spiro atoms. The zero-order chi connectivity index (χ0) is 16.4. The van der Waals surface area contributed by atoms with Gasteiger partial charge in [-0.25, -0.2) is 4.68 Å². The van der Waals surface area contributed by atoms with Crippen molar-refractivity contribution in [1.82, 2.24) is 30.0 Å². The molecule has 1 saturated heterocycles. The van der Waals surface area contributed by atoms with Gasteiger partial charge in [-0.05, 0) is 18.4 Å². The van der Waals surface area contributed by atoms with E-state index in [1.54, 1.807) is 16.0 Å². The van der Waals surface area contributed by atoms with E-state index in [2.05, 4.69) is 32.3 Å². The number of thiophene rings is 1. The van der Waals surface area contributed by atoms with E-state index in [0.29, 0.717) is 24.3 Å². The maximum atomic E-state index is 5.46. The van der Waals surface area contributed by atoms with Gasteiger partial charge in [0.1, 0.15) is 6.54 Å². The Hall–Kier alpha value is -2.10. The summed E-state index contributed by atoms with van der Waals surface area (Å²) in [5.74, 6) is 1.14. The van der Waals surface area contributed by atoms with E-state index in [-0.39, 0.29) is 0 Å². The van der Waals surface area contributed by atoms with E-state index in [4.69, 9.17) is 9.26 Å². The van der Waals surface area contributed by atoms with Gasteiger partial charge in [0.05, 0.1) is 30.0 Å². The number of rotatable bonds is 5. The van der Waals surface area contributed by atoms with Crippen LogP contribution in [0.15, 0.2) is 28.2 Å². The second kappa shape index (κ2) is 6.80. The lowest BCUT2D eigenvalue weighted by Crippen LogP contribution is -2.42. The van der Waals surface area contributed by atoms with Gasteiger partial charge < -0.3 is 9.26 Å². The highest BCUT2D eigenvalue weighted by atomic mass is 32.1. The molecule has 0 radical (unpaired) electrons. The van der Waals surface area contributed by atoms with Gasteiger partial charge in [-0.15, -0.1) is 16.4 Å². The van der Waals surface area contributed by atoms with Crippen LogP contribution < -0.4 is 0 Å². The van der Waals surface area contributed by atoms with Gasteiger partial charge in [-0.1, -0.05) is 16.4 Å². The minimum atomic E-state index is 0.396. The summed E-state index contributed by atoms with van der Waals surface area (Å²) in [7, 11) is 0. The minimum absolute atomic E-state index is 0.396. The third-order valence-electron chi connectivity index (χ3n) is 3.96. The lowest BCUT2D eigenvalue weighted by Gasteiger charge is -2.32. The summed E-state index contributed by atoms with van der Waals surface area (Å²) in [6.07, 6.45) is 1.93. The molecule has 126 valence electrons. The Morgan fingerprint density at radius 3 is 3.17 bits per heavy atom. The van der Waals surface area contributed by atoms with E-state index in [0.717, 1.165) is 36.9 Å². The Morgan fingerprint density at radius 2 is 2.33 bits per heavy atom. The number of aromatic nitrogens is 5. The Kier molecular flexibility index (Phi) is 4.37. The molecule has 3 aromatic heterocycles. The summed E-state index contributed by atoms with van der Waals surface area (Å²) in [4.78, 5) is 7.74. The number of ether oxygens (including phenoxy) is 1. The molecule has 0 unspecified atom stereocenters. The second-order valence-electron chi connectivity index (χ2n) is 5.79. The van der Waals surface area contributed by atoms with Crippen molar-refractivity contribution in [3.63, 3.8) is 0 Å². The van der Waals surface area contributed by atoms with Gasteiger partial charge in [0, 0.05) is 19.1 Å². The molecule has 1 aliphatic rings. The molecule has 0 saturated carbocycles. The smallest absolute Gasteiger partial charge is 0.248 e. The molecule has 0 N–H and O–H groups in total. The Morgan fingerprint density at radius 1 is 1.38 bits per heavy atom. The van der Waals surface area contributed by atoms with E-state index < -0.39 is 0 Å². The Bertz CT molecular complexity index is 784. The van der Waals surface area contributed by atoms with E-state index in [1.165, 1.54) is 0 Å². The van der Waals surface area contributed by atoms with Crippen LogP contribution in [-0.4, -0.2) is 55.8 Å². The molecule has 0 aliphatic carbocycles. The molecule has 0 amide bonds. The summed E-state index contributed by atoms with van der Waals surface area (Å²) >= 11 is 1.58. The van der Waals surface area contributed by atoms with E-state index >= 15 is 0 Å². The SMILES string of the molecule is C[C@@H]1COCCN1Cc1cn(Cc2nc(-c3cccs3)no2)nn1. The summed E-state index contributed by atoms with van der Waals surface area (Å²) < 4.78 is 12.5. The summed E-state index contributed by atoms with van der Waals surface area (Å²) in [5, 5.41) is 14.4. The average molecular weight is 346 g/mol. The second-order valence-corrected chi connectivity index (χ2v) is 6.74. The fraction of sp³-hybridized carbons (Fsp3) is 0.467. The van der Waals surface area contributed by atoms with Crippen LogP contribution in [0.2, 0.25) is 0 Å². The normalized spacial score (nSPS) is 19.0. The topological polar surface area (TPSA) is 82.1 Å². The Labute approximate surface area is 143 Å². The highest BCUT2D eigenvalue weighted by Gasteiger charge is 2.20. The maximum Gasteiger partial charge on any atom is 0.248 e. The van der Waals surface area contributed by atoms with Crippen LogP contribution >= 0.6 is 11.3 Å². The monoisotopic (exact) mass is 346 g/mol. The molecule has 1 aliphatic heterocycles. The van der Waals surface area contributed by atoms with Crippen LogP contribution in [0, 0.1) is 0 Å². The zero-order valence-corrected chi connectivity index (χ0v) is 14.1. The van der Waals surface area contributed by atoms with Crippen LogP contribution in [0.3, 0.4) is 0 Å². The van der Waals surface area contributed by atoms with Gasteiger partial charge in [0.25, 0.3) is 0 Å². The highest BCUT2D eigenvalue weighted by Crippen LogP contribution is 2.21. The largest absolute Gasteiger partial charge is 0.379 e. The van der Waals surface area contributed by atoms with Crippen LogP contribution in [0.4, 0.5) is 0 Å². The maximum absolute atomic E-state index is 5.46. The van der Waals surface area contributed by atoms with Crippen LogP contribution in [0.1, 0.15) is 18.5 Å². The van der Waals surface area contributed by atoms with E-state index in [9.17, 15) is 0 Å². The highest BCUT2D eigenvalue weighted by molar-refractivity contribution is 7.13. The van der Waals surface area contributed by atoms with Crippen molar-refractivity contribution in [1.29, 1.82) is 0 Å². The van der Waals surface area contributed by atoms with Crippen molar-refractivity contribution < 1.29 is 9.26 Å². The van der Waals surface area contributed by atoms with E-state index in [1.807, 2.05) is 23.7 Å². The van der Waals surface area contributed by atoms with Crippen LogP contribution in [0.5, 0.6) is 0 Å². The van der Waals surface area contributed by atoms with Crippen molar-refractivity contribution in [3.05, 3.63) is 35.3 Å². The summed E-state index contributed by atoms with van der Waals surface area (Å²) in [6.45, 7) is 5.81. The fourth-order valence-electron chi connectivity index (χ4n) is 2.66. The van der Waals surface area contributed by atoms with Gasteiger partial charge >= 0.3 is 0 Å². The van der Waals surface area contributed by atoms with Crippen molar-refractivity contribution in [2.24, 2.45) is 0 Å². The zero-order valence-electron chi connectivity index (χ0n) is 13.3. The molecule has 4 rings (SSSR count). The molecular formula is C15H18N6O2S. The first-order valence-electron chi connectivity index (χ1n) is 7.85. The van der Waals surface area contributed by atoms with Gasteiger partial charge in [0.15, 0.2) is 0 Å². The lowest BCUT2D eigenvalue weighted by molar-refractivity contribution is -0.00492. The number of nitrogens with zero attached hydrogens (tertiary/aromatic N) is 6. The summed E-state index contributed by atoms with van der Waals surface area (Å²) in [6, 6.07) is 4.33. The van der Waals surface area contributed by atoms with Crippen LogP contribution in [0.25, 0.3) is 10.7 Å². The van der Waals surface area contributed by atoms with Crippen LogP contribution in [-0.2, 0) is 17.8 Å². The third-order valence-corrected chi connectivity index (χ3v) is 4.83. The quantitative estimate of drug-likeness (QED) is 0.695. The predicted molar refractivity (Wildman–Crippen MR) is 87.4 cm³/mol. The fourth-order valence-corrected chi connectivity index (χ4v) is 3.31. The van der Waals surface area contributed by atoms with Gasteiger partial charge in [0.2, 0.25) is 11.7 Å². The summed E-state index contributed by atoms with van der Waals surface area (Å²) in [5.41, 5.74) is 0.932. The number of hydrogen-bond donors (Lipinski definition) is 0. The van der Waals surface area contributed by atoms with Crippen molar-refractivity contribution in [2.75, 3.05) is 19.8 Å². The molecule has 1 atom stereocenters. The minimum Gasteiger partial charge on any atom is -0.379 e. The lowest BCUT2D eigenvalue weighted by atomic mass is 10.2. The molecule has 3 aromatic rings. The van der Waals surface area contributed by atoms with Crippen molar-refractivity contribution >= 4 is 11.3 Å². The molecule has 8 nitrogen and oxygen atoms in total. The van der Waals surface area contributed by atoms with Gasteiger partial charge in [-0.2, -0.15) is 4.98 Å². The predicted octanol–water partition coefficient (Wildman–Crippen LogP) is 1.66. The first-order valence-corrected chi connectivity index (χ1v) is 8.73. The standard InChI is InChI=1S/C15H18N6O2S/c1-11-10-22-5-4-20(11)7-12-8-21(19-17-12)9-14-16-15(18-23-14)13-3-2-6-24-13/h2-3,6,8,11H,4-5,7,9-10H2,1H3/t11-/m1/s1. The molecule has 24 heavy (non-hydrogen) atoms. The molecule has 4 heterocycles. The molecule has 0 aromatic carbocycles.